The third-order valence-electron chi connectivity index (χ3n) is 4.43. The Hall–Kier alpha value is -1.71. The van der Waals surface area contributed by atoms with Crippen molar-refractivity contribution in [2.75, 3.05) is 0 Å². The molecule has 0 spiro atoms. The van der Waals surface area contributed by atoms with Crippen molar-refractivity contribution in [3.8, 4) is 0 Å². The summed E-state index contributed by atoms with van der Waals surface area (Å²) in [6.45, 7) is 0. The van der Waals surface area contributed by atoms with Crippen molar-refractivity contribution in [1.29, 1.82) is 0 Å². The van der Waals surface area contributed by atoms with Gasteiger partial charge >= 0.3 is 0 Å². The maximum Gasteiger partial charge on any atom is 0.129 e. The summed E-state index contributed by atoms with van der Waals surface area (Å²) < 4.78 is 0. The SMILES string of the molecule is Cl.Clc1ccc(C2=NC(c3ccc(Cl)cc3)C(c3ccc(Cl)cc3)N2)cc1. The van der Waals surface area contributed by atoms with Gasteiger partial charge in [0.15, 0.2) is 0 Å². The lowest BCUT2D eigenvalue weighted by Crippen LogP contribution is -2.25. The van der Waals surface area contributed by atoms with Gasteiger partial charge in [-0.25, -0.2) is 0 Å². The Morgan fingerprint density at radius 2 is 1.07 bits per heavy atom. The van der Waals surface area contributed by atoms with Gasteiger partial charge in [-0.15, -0.1) is 12.4 Å². The monoisotopic (exact) mass is 436 g/mol. The molecule has 1 aliphatic heterocycles. The minimum Gasteiger partial charge on any atom is -0.361 e. The molecule has 3 aromatic carbocycles. The van der Waals surface area contributed by atoms with E-state index in [-0.39, 0.29) is 24.5 Å². The highest BCUT2D eigenvalue weighted by Gasteiger charge is 2.31. The molecule has 0 saturated heterocycles. The number of aliphatic imine (C=N–C) groups is 1. The number of hydrogen-bond donors (Lipinski definition) is 1. The van der Waals surface area contributed by atoms with Gasteiger partial charge < -0.3 is 5.32 Å². The third-order valence-corrected chi connectivity index (χ3v) is 5.19. The minimum absolute atomic E-state index is 0. The highest BCUT2D eigenvalue weighted by Crippen LogP contribution is 2.37. The molecule has 0 bridgehead atoms. The van der Waals surface area contributed by atoms with Crippen LogP contribution in [0.5, 0.6) is 0 Å². The topological polar surface area (TPSA) is 24.4 Å². The molecule has 0 aliphatic carbocycles. The lowest BCUT2D eigenvalue weighted by Gasteiger charge is -2.20. The van der Waals surface area contributed by atoms with E-state index in [0.717, 1.165) is 22.5 Å². The van der Waals surface area contributed by atoms with Gasteiger partial charge in [0, 0.05) is 20.6 Å². The summed E-state index contributed by atoms with van der Waals surface area (Å²) in [4.78, 5) is 4.95. The van der Waals surface area contributed by atoms with Crippen LogP contribution in [0.3, 0.4) is 0 Å². The van der Waals surface area contributed by atoms with E-state index in [4.69, 9.17) is 39.8 Å². The van der Waals surface area contributed by atoms with Gasteiger partial charge in [-0.3, -0.25) is 4.99 Å². The molecule has 27 heavy (non-hydrogen) atoms. The van der Waals surface area contributed by atoms with Crippen LogP contribution in [-0.4, -0.2) is 5.84 Å². The van der Waals surface area contributed by atoms with Gasteiger partial charge in [-0.1, -0.05) is 59.1 Å². The lowest BCUT2D eigenvalue weighted by atomic mass is 9.95. The van der Waals surface area contributed by atoms with E-state index in [1.54, 1.807) is 0 Å². The average molecular weight is 438 g/mol. The van der Waals surface area contributed by atoms with Crippen molar-refractivity contribution >= 4 is 53.0 Å². The molecule has 0 aromatic heterocycles. The number of halogens is 4. The minimum atomic E-state index is -0.0564. The number of rotatable bonds is 3. The molecule has 0 amide bonds. The first-order valence-corrected chi connectivity index (χ1v) is 9.35. The molecular formula is C21H16Cl4N2. The first kappa shape index (κ1) is 20.0. The molecule has 0 saturated carbocycles. The molecule has 4 rings (SSSR count). The maximum atomic E-state index is 6.05. The summed E-state index contributed by atoms with van der Waals surface area (Å²) in [5.41, 5.74) is 3.23. The second-order valence-corrected chi connectivity index (χ2v) is 7.46. The Balaban J connectivity index is 0.00000210. The molecule has 6 heteroatoms. The van der Waals surface area contributed by atoms with Crippen LogP contribution in [0.4, 0.5) is 0 Å². The molecule has 0 radical (unpaired) electrons. The van der Waals surface area contributed by atoms with Crippen LogP contribution in [-0.2, 0) is 0 Å². The van der Waals surface area contributed by atoms with Gasteiger partial charge in [0.1, 0.15) is 11.9 Å². The summed E-state index contributed by atoms with van der Waals surface area (Å²) in [7, 11) is 0. The fraction of sp³-hybridized carbons (Fsp3) is 0.0952. The van der Waals surface area contributed by atoms with E-state index in [0.29, 0.717) is 15.1 Å². The fourth-order valence-corrected chi connectivity index (χ4v) is 3.48. The zero-order valence-electron chi connectivity index (χ0n) is 14.1. The summed E-state index contributed by atoms with van der Waals surface area (Å²) in [6.07, 6.45) is 0. The van der Waals surface area contributed by atoms with Crippen molar-refractivity contribution in [2.45, 2.75) is 12.1 Å². The van der Waals surface area contributed by atoms with Crippen LogP contribution in [0.2, 0.25) is 15.1 Å². The number of nitrogens with one attached hydrogen (secondary N) is 1. The van der Waals surface area contributed by atoms with Crippen molar-refractivity contribution < 1.29 is 0 Å². The van der Waals surface area contributed by atoms with E-state index in [1.165, 1.54) is 0 Å². The Morgan fingerprint density at radius 1 is 0.630 bits per heavy atom. The van der Waals surface area contributed by atoms with Crippen LogP contribution < -0.4 is 5.32 Å². The van der Waals surface area contributed by atoms with E-state index >= 15 is 0 Å². The van der Waals surface area contributed by atoms with Crippen LogP contribution >= 0.6 is 47.2 Å². The average Bonchev–Trinajstić information content (AvgIpc) is 3.09. The quantitative estimate of drug-likeness (QED) is 0.473. The Bertz CT molecular complexity index is 935. The zero-order valence-corrected chi connectivity index (χ0v) is 17.2. The summed E-state index contributed by atoms with van der Waals surface area (Å²) in [5.74, 6) is 0.849. The van der Waals surface area contributed by atoms with Gasteiger partial charge in [-0.2, -0.15) is 0 Å². The van der Waals surface area contributed by atoms with Gasteiger partial charge in [0.05, 0.1) is 6.04 Å². The van der Waals surface area contributed by atoms with Crippen molar-refractivity contribution in [3.05, 3.63) is 105 Å². The predicted octanol–water partition coefficient (Wildman–Crippen LogP) is 6.90. The standard InChI is InChI=1S/C21H15Cl3N2.ClH/c22-16-7-1-13(2-8-16)19-20(14-3-9-17(23)10-4-14)26-21(25-19)15-5-11-18(24)12-6-15;/h1-12,19-20H,(H,25,26);1H. The van der Waals surface area contributed by atoms with E-state index < -0.39 is 0 Å². The van der Waals surface area contributed by atoms with E-state index in [1.807, 2.05) is 72.8 Å². The highest BCUT2D eigenvalue weighted by molar-refractivity contribution is 6.31. The first-order chi connectivity index (χ1) is 12.6. The molecule has 2 unspecified atom stereocenters. The molecule has 3 aromatic rings. The smallest absolute Gasteiger partial charge is 0.129 e. The number of benzene rings is 3. The van der Waals surface area contributed by atoms with Crippen LogP contribution in [0.15, 0.2) is 77.8 Å². The largest absolute Gasteiger partial charge is 0.361 e. The third kappa shape index (κ3) is 4.41. The molecule has 1 heterocycles. The maximum absolute atomic E-state index is 6.05. The second-order valence-electron chi connectivity index (χ2n) is 6.15. The normalized spacial score (nSPS) is 18.4. The zero-order chi connectivity index (χ0) is 18.1. The van der Waals surface area contributed by atoms with E-state index in [9.17, 15) is 0 Å². The molecule has 0 fully saturated rings. The van der Waals surface area contributed by atoms with Gasteiger partial charge in [0.2, 0.25) is 0 Å². The molecule has 2 nitrogen and oxygen atoms in total. The first-order valence-electron chi connectivity index (χ1n) is 8.21. The number of hydrogen-bond acceptors (Lipinski definition) is 2. The summed E-state index contributed by atoms with van der Waals surface area (Å²) in [5, 5.41) is 5.69. The summed E-state index contributed by atoms with van der Waals surface area (Å²) >= 11 is 18.1. The molecule has 2 atom stereocenters. The lowest BCUT2D eigenvalue weighted by molar-refractivity contribution is 0.572. The van der Waals surface area contributed by atoms with Crippen LogP contribution in [0.1, 0.15) is 28.8 Å². The fourth-order valence-electron chi connectivity index (χ4n) is 3.11. The van der Waals surface area contributed by atoms with Crippen LogP contribution in [0.25, 0.3) is 0 Å². The van der Waals surface area contributed by atoms with Gasteiger partial charge in [-0.05, 0) is 59.7 Å². The van der Waals surface area contributed by atoms with E-state index in [2.05, 4.69) is 5.32 Å². The van der Waals surface area contributed by atoms with Crippen molar-refractivity contribution in [2.24, 2.45) is 4.99 Å². The molecular weight excluding hydrogens is 422 g/mol. The Morgan fingerprint density at radius 3 is 1.59 bits per heavy atom. The molecule has 1 N–H and O–H groups in total. The second kappa shape index (κ2) is 8.53. The predicted molar refractivity (Wildman–Crippen MR) is 117 cm³/mol. The summed E-state index contributed by atoms with van der Waals surface area (Å²) in [6, 6.07) is 23.3. The number of nitrogens with zero attached hydrogens (tertiary/aromatic N) is 1. The van der Waals surface area contributed by atoms with Crippen molar-refractivity contribution in [3.63, 3.8) is 0 Å². The van der Waals surface area contributed by atoms with Crippen molar-refractivity contribution in [1.82, 2.24) is 5.32 Å². The highest BCUT2D eigenvalue weighted by atomic mass is 35.5. The Labute approximate surface area is 179 Å². The Kier molecular flexibility index (Phi) is 6.33. The number of amidine groups is 1. The molecule has 138 valence electrons. The van der Waals surface area contributed by atoms with Gasteiger partial charge in [0.25, 0.3) is 0 Å². The van der Waals surface area contributed by atoms with Crippen LogP contribution in [0, 0.1) is 0 Å². The molecule has 1 aliphatic rings.